The highest BCUT2D eigenvalue weighted by Gasteiger charge is 2.19. The van der Waals surface area contributed by atoms with Crippen LogP contribution in [-0.4, -0.2) is 29.0 Å². The topological polar surface area (TPSA) is 55.4 Å². The normalized spacial score (nSPS) is 18.2. The smallest absolute Gasteiger partial charge is 0.306 e. The first-order chi connectivity index (χ1) is 11.6. The van der Waals surface area contributed by atoms with Gasteiger partial charge in [0.2, 0.25) is 0 Å². The van der Waals surface area contributed by atoms with E-state index in [1.54, 1.807) is 31.2 Å². The molecule has 132 valence electrons. The fourth-order valence-electron chi connectivity index (χ4n) is 2.31. The van der Waals surface area contributed by atoms with Crippen LogP contribution in [0.2, 0.25) is 5.02 Å². The second kappa shape index (κ2) is 10.2. The van der Waals surface area contributed by atoms with Crippen LogP contribution >= 0.6 is 33.2 Å². The molecule has 1 aromatic rings. The summed E-state index contributed by atoms with van der Waals surface area (Å²) in [6.07, 6.45) is 3.75. The van der Waals surface area contributed by atoms with Crippen molar-refractivity contribution in [2.24, 2.45) is 0 Å². The number of nitrogens with one attached hydrogen (secondary N) is 1. The predicted molar refractivity (Wildman–Crippen MR) is 103 cm³/mol. The minimum Gasteiger partial charge on any atom is -0.453 e. The molecule has 0 bridgehead atoms. The van der Waals surface area contributed by atoms with E-state index in [1.807, 2.05) is 21.6 Å². The Labute approximate surface area is 155 Å². The van der Waals surface area contributed by atoms with Crippen molar-refractivity contribution in [3.05, 3.63) is 29.3 Å². The molecule has 0 aliphatic carbocycles. The fraction of sp³-hybridized carbons (Fsp3) is 0.529. The van der Waals surface area contributed by atoms with Gasteiger partial charge in [-0.1, -0.05) is 51.7 Å². The summed E-state index contributed by atoms with van der Waals surface area (Å²) in [4.78, 5) is 23.9. The zero-order valence-corrected chi connectivity index (χ0v) is 16.0. The molecule has 1 saturated heterocycles. The highest BCUT2D eigenvalue weighted by Crippen LogP contribution is 2.39. The molecule has 0 spiro atoms. The number of rotatable bonds is 8. The molecule has 1 aromatic carbocycles. The summed E-state index contributed by atoms with van der Waals surface area (Å²) in [5, 5.41) is 3.85. The minimum absolute atomic E-state index is 0.328. The zero-order valence-electron chi connectivity index (χ0n) is 13.6. The van der Waals surface area contributed by atoms with E-state index in [4.69, 9.17) is 16.3 Å². The number of carbonyl (C=O) groups is 2. The Morgan fingerprint density at radius 2 is 2.17 bits per heavy atom. The molecule has 0 radical (unpaired) electrons. The maximum absolute atomic E-state index is 12.1. The van der Waals surface area contributed by atoms with Crippen LogP contribution in [0.1, 0.15) is 39.0 Å². The van der Waals surface area contributed by atoms with Gasteiger partial charge in [-0.05, 0) is 38.3 Å². The van der Waals surface area contributed by atoms with Crippen LogP contribution in [0.5, 0.6) is 0 Å². The monoisotopic (exact) mass is 387 g/mol. The summed E-state index contributed by atoms with van der Waals surface area (Å²) in [6.45, 7) is 1.57. The molecule has 1 aliphatic heterocycles. The van der Waals surface area contributed by atoms with Crippen molar-refractivity contribution < 1.29 is 14.3 Å². The summed E-state index contributed by atoms with van der Waals surface area (Å²) in [5.41, 5.74) is 0.513. The van der Waals surface area contributed by atoms with Gasteiger partial charge in [0.1, 0.15) is 0 Å². The average molecular weight is 388 g/mol. The number of ether oxygens (including phenoxy) is 1. The second-order valence-electron chi connectivity index (χ2n) is 5.68. The first-order valence-electron chi connectivity index (χ1n) is 8.09. The van der Waals surface area contributed by atoms with Crippen molar-refractivity contribution in [1.29, 1.82) is 0 Å². The Balaban J connectivity index is 1.65. The van der Waals surface area contributed by atoms with Crippen LogP contribution in [0.3, 0.4) is 0 Å². The number of benzene rings is 1. The molecule has 7 heteroatoms. The number of hydrogen-bond donors (Lipinski definition) is 1. The summed E-state index contributed by atoms with van der Waals surface area (Å²) >= 11 is 5.99. The van der Waals surface area contributed by atoms with Crippen molar-refractivity contribution in [2.45, 2.75) is 50.4 Å². The third-order valence-electron chi connectivity index (χ3n) is 3.69. The van der Waals surface area contributed by atoms with Crippen molar-refractivity contribution in [1.82, 2.24) is 0 Å². The van der Waals surface area contributed by atoms with E-state index in [2.05, 4.69) is 5.32 Å². The number of esters is 1. The summed E-state index contributed by atoms with van der Waals surface area (Å²) in [6, 6.07) is 6.95. The Kier molecular flexibility index (Phi) is 8.29. The molecule has 1 amide bonds. The summed E-state index contributed by atoms with van der Waals surface area (Å²) in [5.74, 6) is 0.524. The SMILES string of the molecule is C[C@@H](OC(=O)CCCC[C@@H]1CCSS1)C(=O)Nc1ccccc1Cl. The van der Waals surface area contributed by atoms with E-state index < -0.39 is 6.10 Å². The second-order valence-corrected chi connectivity index (χ2v) is 8.87. The third kappa shape index (κ3) is 6.57. The molecule has 4 nitrogen and oxygen atoms in total. The fourth-order valence-corrected chi connectivity index (χ4v) is 5.52. The number of unbranched alkanes of at least 4 members (excludes halogenated alkanes) is 1. The molecule has 2 atom stereocenters. The van der Waals surface area contributed by atoms with Gasteiger partial charge in [0.05, 0.1) is 10.7 Å². The number of carbonyl (C=O) groups excluding carboxylic acids is 2. The van der Waals surface area contributed by atoms with Gasteiger partial charge in [-0.3, -0.25) is 9.59 Å². The highest BCUT2D eigenvalue weighted by atomic mass is 35.5. The van der Waals surface area contributed by atoms with Gasteiger partial charge in [0.25, 0.3) is 5.91 Å². The van der Waals surface area contributed by atoms with Gasteiger partial charge in [-0.15, -0.1) is 0 Å². The molecule has 2 rings (SSSR count). The van der Waals surface area contributed by atoms with Gasteiger partial charge >= 0.3 is 5.97 Å². The van der Waals surface area contributed by atoms with E-state index in [0.717, 1.165) is 24.5 Å². The van der Waals surface area contributed by atoms with E-state index >= 15 is 0 Å². The standard InChI is InChI=1S/C17H22ClNO3S2/c1-12(17(21)19-15-8-4-3-7-14(15)18)22-16(20)9-5-2-6-13-10-11-23-24-13/h3-4,7-8,12-13H,2,5-6,9-11H2,1H3,(H,19,21)/t12-,13-/m1/s1. The Hall–Kier alpha value is -0.850. The minimum atomic E-state index is -0.837. The van der Waals surface area contributed by atoms with Gasteiger partial charge in [0.15, 0.2) is 6.10 Å². The van der Waals surface area contributed by atoms with Crippen molar-refractivity contribution in [3.63, 3.8) is 0 Å². The molecule has 0 aromatic heterocycles. The molecule has 1 N–H and O–H groups in total. The molecular weight excluding hydrogens is 366 g/mol. The van der Waals surface area contributed by atoms with E-state index in [9.17, 15) is 9.59 Å². The Morgan fingerprint density at radius 1 is 1.38 bits per heavy atom. The van der Waals surface area contributed by atoms with Crippen molar-refractivity contribution in [3.8, 4) is 0 Å². The third-order valence-corrected chi connectivity index (χ3v) is 7.03. The lowest BCUT2D eigenvalue weighted by atomic mass is 10.1. The lowest BCUT2D eigenvalue weighted by molar-refractivity contribution is -0.153. The molecule has 1 aliphatic rings. The van der Waals surface area contributed by atoms with Crippen molar-refractivity contribution >= 4 is 50.8 Å². The molecule has 1 heterocycles. The first kappa shape index (κ1) is 19.5. The number of anilines is 1. The zero-order chi connectivity index (χ0) is 17.4. The van der Waals surface area contributed by atoms with Gasteiger partial charge in [0, 0.05) is 17.4 Å². The van der Waals surface area contributed by atoms with Gasteiger partial charge in [-0.2, -0.15) is 0 Å². The maximum Gasteiger partial charge on any atom is 0.306 e. The Morgan fingerprint density at radius 3 is 2.88 bits per heavy atom. The first-order valence-corrected chi connectivity index (χ1v) is 10.9. The van der Waals surface area contributed by atoms with Crippen LogP contribution in [0, 0.1) is 0 Å². The Bertz CT molecular complexity index is 565. The van der Waals surface area contributed by atoms with Crippen LogP contribution in [0.4, 0.5) is 5.69 Å². The van der Waals surface area contributed by atoms with Crippen LogP contribution in [0.15, 0.2) is 24.3 Å². The van der Waals surface area contributed by atoms with E-state index in [1.165, 1.54) is 12.2 Å². The largest absolute Gasteiger partial charge is 0.453 e. The lowest BCUT2D eigenvalue weighted by Gasteiger charge is -2.14. The average Bonchev–Trinajstić information content (AvgIpc) is 3.07. The highest BCUT2D eigenvalue weighted by molar-refractivity contribution is 8.77. The van der Waals surface area contributed by atoms with Gasteiger partial charge < -0.3 is 10.1 Å². The number of halogens is 1. The lowest BCUT2D eigenvalue weighted by Crippen LogP contribution is -2.30. The summed E-state index contributed by atoms with van der Waals surface area (Å²) < 4.78 is 5.19. The molecule has 1 fully saturated rings. The predicted octanol–water partition coefficient (Wildman–Crippen LogP) is 4.92. The summed E-state index contributed by atoms with van der Waals surface area (Å²) in [7, 11) is 3.89. The van der Waals surface area contributed by atoms with Crippen molar-refractivity contribution in [2.75, 3.05) is 11.1 Å². The number of hydrogen-bond acceptors (Lipinski definition) is 5. The number of amides is 1. The van der Waals surface area contributed by atoms with E-state index in [0.29, 0.717) is 17.1 Å². The van der Waals surface area contributed by atoms with Crippen LogP contribution in [-0.2, 0) is 14.3 Å². The molecule has 24 heavy (non-hydrogen) atoms. The van der Waals surface area contributed by atoms with Gasteiger partial charge in [-0.25, -0.2) is 0 Å². The molecule has 0 saturated carbocycles. The maximum atomic E-state index is 12.1. The quantitative estimate of drug-likeness (QED) is 0.389. The molecular formula is C17H22ClNO3S2. The van der Waals surface area contributed by atoms with E-state index in [-0.39, 0.29) is 11.9 Å². The van der Waals surface area contributed by atoms with Crippen LogP contribution < -0.4 is 5.32 Å². The van der Waals surface area contributed by atoms with Crippen LogP contribution in [0.25, 0.3) is 0 Å². The number of para-hydroxylation sites is 1. The molecule has 0 unspecified atom stereocenters.